The SMILES string of the molecule is CCOc1ccc(S(=O)(=O)N2CCC[C@@H](C(=O)Nc3ccccc3C)C2)cc1Cl. The second-order valence-electron chi connectivity index (χ2n) is 7.03. The molecule has 0 radical (unpaired) electrons. The van der Waals surface area contributed by atoms with E-state index in [2.05, 4.69) is 5.32 Å². The molecule has 1 heterocycles. The van der Waals surface area contributed by atoms with Crippen molar-refractivity contribution in [2.45, 2.75) is 31.6 Å². The summed E-state index contributed by atoms with van der Waals surface area (Å²) in [4.78, 5) is 12.8. The molecule has 6 nitrogen and oxygen atoms in total. The number of aryl methyl sites for hydroxylation is 1. The predicted octanol–water partition coefficient (Wildman–Crippen LogP) is 4.09. The lowest BCUT2D eigenvalue weighted by Crippen LogP contribution is -2.43. The van der Waals surface area contributed by atoms with Crippen molar-refractivity contribution in [1.82, 2.24) is 4.31 Å². The Balaban J connectivity index is 1.75. The number of hydrogen-bond acceptors (Lipinski definition) is 4. The highest BCUT2D eigenvalue weighted by Gasteiger charge is 2.33. The molecule has 1 aliphatic rings. The molecule has 1 aliphatic heterocycles. The van der Waals surface area contributed by atoms with Gasteiger partial charge < -0.3 is 10.1 Å². The lowest BCUT2D eigenvalue weighted by molar-refractivity contribution is -0.120. The number of nitrogens with one attached hydrogen (secondary N) is 1. The van der Waals surface area contributed by atoms with Gasteiger partial charge in [0.2, 0.25) is 15.9 Å². The van der Waals surface area contributed by atoms with Gasteiger partial charge in [0.05, 0.1) is 22.4 Å². The summed E-state index contributed by atoms with van der Waals surface area (Å²) in [5.41, 5.74) is 1.71. The normalized spacial score (nSPS) is 17.7. The third kappa shape index (κ3) is 4.91. The standard InChI is InChI=1S/C21H25ClN2O4S/c1-3-28-20-11-10-17(13-18(20)22)29(26,27)24-12-6-8-16(14-24)21(25)23-19-9-5-4-7-15(19)2/h4-5,7,9-11,13,16H,3,6,8,12,14H2,1-2H3,(H,23,25)/t16-/m1/s1. The second kappa shape index (κ2) is 9.15. The summed E-state index contributed by atoms with van der Waals surface area (Å²) in [5, 5.41) is 3.17. The minimum absolute atomic E-state index is 0.103. The predicted molar refractivity (Wildman–Crippen MR) is 114 cm³/mol. The summed E-state index contributed by atoms with van der Waals surface area (Å²) in [7, 11) is -3.75. The Hall–Kier alpha value is -2.09. The van der Waals surface area contributed by atoms with Gasteiger partial charge in [-0.3, -0.25) is 4.79 Å². The van der Waals surface area contributed by atoms with Crippen LogP contribution in [0.5, 0.6) is 5.75 Å². The Labute approximate surface area is 176 Å². The molecule has 0 unspecified atom stereocenters. The van der Waals surface area contributed by atoms with Gasteiger partial charge in [0.25, 0.3) is 0 Å². The number of sulfonamides is 1. The number of carbonyl (C=O) groups is 1. The number of piperidine rings is 1. The molecule has 0 spiro atoms. The van der Waals surface area contributed by atoms with E-state index >= 15 is 0 Å². The summed E-state index contributed by atoms with van der Waals surface area (Å²) < 4.78 is 32.9. The van der Waals surface area contributed by atoms with Crippen LogP contribution in [0.15, 0.2) is 47.4 Å². The first-order valence-corrected chi connectivity index (χ1v) is 11.4. The maximum absolute atomic E-state index is 13.1. The number of nitrogens with zero attached hydrogens (tertiary/aromatic N) is 1. The lowest BCUT2D eigenvalue weighted by atomic mass is 9.98. The van der Waals surface area contributed by atoms with Gasteiger partial charge in [-0.25, -0.2) is 8.42 Å². The summed E-state index contributed by atoms with van der Waals surface area (Å²) in [6.07, 6.45) is 1.27. The van der Waals surface area contributed by atoms with Crippen LogP contribution in [0.3, 0.4) is 0 Å². The number of benzene rings is 2. The number of ether oxygens (including phenoxy) is 1. The molecule has 3 rings (SSSR count). The highest BCUT2D eigenvalue weighted by molar-refractivity contribution is 7.89. The maximum Gasteiger partial charge on any atom is 0.243 e. The highest BCUT2D eigenvalue weighted by Crippen LogP contribution is 2.30. The zero-order chi connectivity index (χ0) is 21.0. The number of rotatable bonds is 6. The van der Waals surface area contributed by atoms with E-state index in [-0.39, 0.29) is 22.4 Å². The summed E-state index contributed by atoms with van der Waals surface area (Å²) in [5.74, 6) is -0.123. The first kappa shape index (κ1) is 21.6. The van der Waals surface area contributed by atoms with Crippen LogP contribution < -0.4 is 10.1 Å². The Bertz CT molecular complexity index is 994. The average Bonchev–Trinajstić information content (AvgIpc) is 2.71. The second-order valence-corrected chi connectivity index (χ2v) is 9.38. The Morgan fingerprint density at radius 3 is 2.72 bits per heavy atom. The molecule has 8 heteroatoms. The van der Waals surface area contributed by atoms with Crippen molar-refractivity contribution in [2.24, 2.45) is 5.92 Å². The topological polar surface area (TPSA) is 75.7 Å². The third-order valence-electron chi connectivity index (χ3n) is 5.00. The zero-order valence-electron chi connectivity index (χ0n) is 16.5. The molecule has 1 amide bonds. The zero-order valence-corrected chi connectivity index (χ0v) is 18.1. The van der Waals surface area contributed by atoms with Gasteiger partial charge in [0.1, 0.15) is 5.75 Å². The van der Waals surface area contributed by atoms with Gasteiger partial charge in [-0.05, 0) is 56.5 Å². The van der Waals surface area contributed by atoms with Crippen LogP contribution >= 0.6 is 11.6 Å². The minimum atomic E-state index is -3.75. The van der Waals surface area contributed by atoms with E-state index < -0.39 is 15.9 Å². The van der Waals surface area contributed by atoms with Crippen molar-refractivity contribution in [3.63, 3.8) is 0 Å². The molecule has 156 valence electrons. The Morgan fingerprint density at radius 1 is 1.28 bits per heavy atom. The van der Waals surface area contributed by atoms with Gasteiger partial charge in [-0.2, -0.15) is 4.31 Å². The number of carbonyl (C=O) groups excluding carboxylic acids is 1. The molecule has 1 N–H and O–H groups in total. The van der Waals surface area contributed by atoms with Gasteiger partial charge >= 0.3 is 0 Å². The average molecular weight is 437 g/mol. The quantitative estimate of drug-likeness (QED) is 0.740. The van der Waals surface area contributed by atoms with Crippen LogP contribution in [0.1, 0.15) is 25.3 Å². The molecule has 0 bridgehead atoms. The number of hydrogen-bond donors (Lipinski definition) is 1. The van der Waals surface area contributed by atoms with E-state index in [1.165, 1.54) is 16.4 Å². The van der Waals surface area contributed by atoms with Crippen molar-refractivity contribution >= 4 is 33.2 Å². The molecule has 2 aromatic rings. The smallest absolute Gasteiger partial charge is 0.243 e. The fourth-order valence-corrected chi connectivity index (χ4v) is 5.24. The highest BCUT2D eigenvalue weighted by atomic mass is 35.5. The lowest BCUT2D eigenvalue weighted by Gasteiger charge is -2.31. The van der Waals surface area contributed by atoms with Crippen molar-refractivity contribution < 1.29 is 17.9 Å². The van der Waals surface area contributed by atoms with Crippen LogP contribution in [0.4, 0.5) is 5.69 Å². The van der Waals surface area contributed by atoms with Crippen molar-refractivity contribution in [2.75, 3.05) is 25.0 Å². The van der Waals surface area contributed by atoms with Gasteiger partial charge in [0, 0.05) is 18.8 Å². The first-order valence-electron chi connectivity index (χ1n) is 9.62. The molecule has 0 aromatic heterocycles. The van der Waals surface area contributed by atoms with Crippen LogP contribution in [0.25, 0.3) is 0 Å². The molecule has 1 atom stereocenters. The summed E-state index contributed by atoms with van der Waals surface area (Å²) >= 11 is 6.17. The number of halogens is 1. The Morgan fingerprint density at radius 2 is 2.03 bits per heavy atom. The van der Waals surface area contributed by atoms with Crippen LogP contribution in [0, 0.1) is 12.8 Å². The number of anilines is 1. The number of amides is 1. The molecule has 0 saturated carbocycles. The number of para-hydroxylation sites is 1. The molecule has 0 aliphatic carbocycles. The van der Waals surface area contributed by atoms with E-state index in [4.69, 9.17) is 16.3 Å². The Kier molecular flexibility index (Phi) is 6.82. The van der Waals surface area contributed by atoms with Gasteiger partial charge in [-0.1, -0.05) is 29.8 Å². The van der Waals surface area contributed by atoms with Crippen LogP contribution in [0.2, 0.25) is 5.02 Å². The summed E-state index contributed by atoms with van der Waals surface area (Å²) in [6.45, 7) is 4.71. The van der Waals surface area contributed by atoms with Crippen molar-refractivity contribution in [1.29, 1.82) is 0 Å². The van der Waals surface area contributed by atoms with E-state index in [0.717, 1.165) is 11.3 Å². The maximum atomic E-state index is 13.1. The molecule has 1 saturated heterocycles. The van der Waals surface area contributed by atoms with Gasteiger partial charge in [-0.15, -0.1) is 0 Å². The summed E-state index contributed by atoms with van der Waals surface area (Å²) in [6, 6.07) is 12.0. The van der Waals surface area contributed by atoms with Gasteiger partial charge in [0.15, 0.2) is 0 Å². The van der Waals surface area contributed by atoms with Crippen LogP contribution in [-0.2, 0) is 14.8 Å². The monoisotopic (exact) mass is 436 g/mol. The van der Waals surface area contributed by atoms with E-state index in [1.807, 2.05) is 38.1 Å². The van der Waals surface area contributed by atoms with E-state index in [0.29, 0.717) is 31.7 Å². The fourth-order valence-electron chi connectivity index (χ4n) is 3.39. The van der Waals surface area contributed by atoms with Crippen molar-refractivity contribution in [3.05, 3.63) is 53.1 Å². The molecular formula is C21H25ClN2O4S. The molecular weight excluding hydrogens is 412 g/mol. The fraction of sp³-hybridized carbons (Fsp3) is 0.381. The van der Waals surface area contributed by atoms with E-state index in [9.17, 15) is 13.2 Å². The molecule has 1 fully saturated rings. The molecule has 2 aromatic carbocycles. The largest absolute Gasteiger partial charge is 0.492 e. The minimum Gasteiger partial charge on any atom is -0.492 e. The van der Waals surface area contributed by atoms with Crippen molar-refractivity contribution in [3.8, 4) is 5.75 Å². The first-order chi connectivity index (χ1) is 13.8. The van der Waals surface area contributed by atoms with E-state index in [1.54, 1.807) is 6.07 Å². The van der Waals surface area contributed by atoms with Crippen LogP contribution in [-0.4, -0.2) is 38.3 Å². The third-order valence-corrected chi connectivity index (χ3v) is 7.16. The molecule has 29 heavy (non-hydrogen) atoms.